The lowest BCUT2D eigenvalue weighted by atomic mass is 10.1. The molecule has 2 amide bonds. The van der Waals surface area contributed by atoms with Gasteiger partial charge in [0.1, 0.15) is 6.54 Å². The van der Waals surface area contributed by atoms with Crippen LogP contribution in [-0.4, -0.2) is 51.8 Å². The quantitative estimate of drug-likeness (QED) is 0.862. The summed E-state index contributed by atoms with van der Waals surface area (Å²) in [5.74, 6) is -1.10. The molecule has 3 rings (SSSR count). The molecule has 0 radical (unpaired) electrons. The van der Waals surface area contributed by atoms with Crippen LogP contribution in [0.25, 0.3) is 0 Å². The number of carbonyl (C=O) groups excluding carboxylic acids is 2. The van der Waals surface area contributed by atoms with E-state index in [4.69, 9.17) is 5.11 Å². The Kier molecular flexibility index (Phi) is 4.32. The van der Waals surface area contributed by atoms with Crippen molar-refractivity contribution in [3.8, 4) is 0 Å². The highest BCUT2D eigenvalue weighted by atomic mass is 16.4. The Morgan fingerprint density at radius 2 is 2.09 bits per heavy atom. The fourth-order valence-corrected chi connectivity index (χ4v) is 2.96. The minimum Gasteiger partial charge on any atom is -0.480 e. The lowest BCUT2D eigenvalue weighted by molar-refractivity contribution is -0.138. The SMILES string of the molecule is O=C(O)CN(C(=O)c1cccc(CN2CCCC2=O)c1)C1CC1. The zero-order chi connectivity index (χ0) is 16.4. The molecule has 6 heteroatoms. The number of amides is 2. The molecular formula is C17H20N2O4. The number of carbonyl (C=O) groups is 3. The number of aliphatic carboxylic acids is 1. The van der Waals surface area contributed by atoms with Crippen LogP contribution in [-0.2, 0) is 16.1 Å². The molecule has 1 aliphatic heterocycles. The largest absolute Gasteiger partial charge is 0.480 e. The average Bonchev–Trinajstić information content (AvgIpc) is 3.29. The van der Waals surface area contributed by atoms with Crippen LogP contribution < -0.4 is 0 Å². The normalized spacial score (nSPS) is 17.4. The molecule has 2 fully saturated rings. The van der Waals surface area contributed by atoms with Gasteiger partial charge in [-0.15, -0.1) is 0 Å². The molecule has 6 nitrogen and oxygen atoms in total. The molecule has 23 heavy (non-hydrogen) atoms. The highest BCUT2D eigenvalue weighted by Crippen LogP contribution is 2.28. The van der Waals surface area contributed by atoms with Crippen molar-refractivity contribution >= 4 is 17.8 Å². The summed E-state index contributed by atoms with van der Waals surface area (Å²) in [6, 6.07) is 7.19. The third kappa shape index (κ3) is 3.70. The van der Waals surface area contributed by atoms with Crippen molar-refractivity contribution in [1.82, 2.24) is 9.80 Å². The molecule has 122 valence electrons. The Morgan fingerprint density at radius 1 is 1.30 bits per heavy atom. The van der Waals surface area contributed by atoms with Crippen molar-refractivity contribution in [3.05, 3.63) is 35.4 Å². The molecule has 1 saturated carbocycles. The van der Waals surface area contributed by atoms with Gasteiger partial charge in [0.2, 0.25) is 5.91 Å². The van der Waals surface area contributed by atoms with E-state index in [1.807, 2.05) is 6.07 Å². The maximum Gasteiger partial charge on any atom is 0.323 e. The van der Waals surface area contributed by atoms with Gasteiger partial charge in [0.25, 0.3) is 5.91 Å². The van der Waals surface area contributed by atoms with E-state index in [1.165, 1.54) is 4.90 Å². The van der Waals surface area contributed by atoms with Crippen LogP contribution in [0.2, 0.25) is 0 Å². The Balaban J connectivity index is 1.74. The summed E-state index contributed by atoms with van der Waals surface area (Å²) in [7, 11) is 0. The molecule has 1 aliphatic carbocycles. The van der Waals surface area contributed by atoms with Gasteiger partial charge in [-0.2, -0.15) is 0 Å². The average molecular weight is 316 g/mol. The van der Waals surface area contributed by atoms with Gasteiger partial charge >= 0.3 is 5.97 Å². The second kappa shape index (κ2) is 6.40. The van der Waals surface area contributed by atoms with Gasteiger partial charge in [0.15, 0.2) is 0 Å². The fraction of sp³-hybridized carbons (Fsp3) is 0.471. The minimum absolute atomic E-state index is 0.0439. The maximum absolute atomic E-state index is 12.6. The van der Waals surface area contributed by atoms with Crippen LogP contribution in [0.15, 0.2) is 24.3 Å². The molecule has 0 bridgehead atoms. The van der Waals surface area contributed by atoms with E-state index in [1.54, 1.807) is 23.1 Å². The van der Waals surface area contributed by atoms with Crippen molar-refractivity contribution in [1.29, 1.82) is 0 Å². The first-order chi connectivity index (χ1) is 11.0. The smallest absolute Gasteiger partial charge is 0.323 e. The molecule has 1 N–H and O–H groups in total. The number of carboxylic acids is 1. The van der Waals surface area contributed by atoms with Gasteiger partial charge < -0.3 is 14.9 Å². The number of hydrogen-bond donors (Lipinski definition) is 1. The van der Waals surface area contributed by atoms with E-state index in [0.29, 0.717) is 18.5 Å². The van der Waals surface area contributed by atoms with Crippen LogP contribution >= 0.6 is 0 Å². The number of benzene rings is 1. The summed E-state index contributed by atoms with van der Waals surface area (Å²) in [5, 5.41) is 8.99. The summed E-state index contributed by atoms with van der Waals surface area (Å²) < 4.78 is 0. The second-order valence-electron chi connectivity index (χ2n) is 6.18. The Bertz CT molecular complexity index is 639. The molecular weight excluding hydrogens is 296 g/mol. The van der Waals surface area contributed by atoms with Gasteiger partial charge in [-0.05, 0) is 37.0 Å². The summed E-state index contributed by atoms with van der Waals surface area (Å²) in [6.07, 6.45) is 3.19. The maximum atomic E-state index is 12.6. The molecule has 1 saturated heterocycles. The predicted molar refractivity (Wildman–Crippen MR) is 82.8 cm³/mol. The first kappa shape index (κ1) is 15.5. The Morgan fingerprint density at radius 3 is 2.70 bits per heavy atom. The van der Waals surface area contributed by atoms with Crippen LogP contribution in [0.4, 0.5) is 0 Å². The highest BCUT2D eigenvalue weighted by molar-refractivity contribution is 5.96. The third-order valence-electron chi connectivity index (χ3n) is 4.27. The number of hydrogen-bond acceptors (Lipinski definition) is 3. The molecule has 0 unspecified atom stereocenters. The summed E-state index contributed by atoms with van der Waals surface area (Å²) in [5.41, 5.74) is 1.39. The third-order valence-corrected chi connectivity index (χ3v) is 4.27. The van der Waals surface area contributed by atoms with E-state index in [2.05, 4.69) is 0 Å². The van der Waals surface area contributed by atoms with Crippen molar-refractivity contribution in [2.45, 2.75) is 38.3 Å². The lowest BCUT2D eigenvalue weighted by Crippen LogP contribution is -2.37. The summed E-state index contributed by atoms with van der Waals surface area (Å²) in [6.45, 7) is 0.991. The first-order valence-corrected chi connectivity index (χ1v) is 7.94. The van der Waals surface area contributed by atoms with Crippen molar-refractivity contribution < 1.29 is 19.5 Å². The zero-order valence-electron chi connectivity index (χ0n) is 12.9. The standard InChI is InChI=1S/C17H20N2O4/c20-15-5-2-8-18(15)10-12-3-1-4-13(9-12)17(23)19(11-16(21)22)14-6-7-14/h1,3-4,9,14H,2,5-8,10-11H2,(H,21,22). The second-order valence-corrected chi connectivity index (χ2v) is 6.18. The topological polar surface area (TPSA) is 77.9 Å². The molecule has 0 atom stereocenters. The van der Waals surface area contributed by atoms with E-state index in [0.717, 1.165) is 31.4 Å². The molecule has 1 aromatic carbocycles. The van der Waals surface area contributed by atoms with Gasteiger partial charge in [-0.25, -0.2) is 0 Å². The molecule has 0 spiro atoms. The Labute approximate surface area is 134 Å². The number of nitrogens with zero attached hydrogens (tertiary/aromatic N) is 2. The highest BCUT2D eigenvalue weighted by Gasteiger charge is 2.34. The van der Waals surface area contributed by atoms with E-state index in [9.17, 15) is 14.4 Å². The van der Waals surface area contributed by atoms with Crippen LogP contribution in [0, 0.1) is 0 Å². The minimum atomic E-state index is -0.996. The van der Waals surface area contributed by atoms with E-state index in [-0.39, 0.29) is 24.4 Å². The molecule has 0 aromatic heterocycles. The number of carboxylic acid groups (broad SMARTS) is 1. The van der Waals surface area contributed by atoms with Crippen LogP contribution in [0.3, 0.4) is 0 Å². The summed E-state index contributed by atoms with van der Waals surface area (Å²) in [4.78, 5) is 38.5. The van der Waals surface area contributed by atoms with Gasteiger partial charge in [0.05, 0.1) is 0 Å². The summed E-state index contributed by atoms with van der Waals surface area (Å²) >= 11 is 0. The van der Waals surface area contributed by atoms with E-state index < -0.39 is 5.97 Å². The monoisotopic (exact) mass is 316 g/mol. The molecule has 2 aliphatic rings. The first-order valence-electron chi connectivity index (χ1n) is 7.94. The molecule has 1 heterocycles. The van der Waals surface area contributed by atoms with Gasteiger partial charge in [-0.1, -0.05) is 12.1 Å². The Hall–Kier alpha value is -2.37. The van der Waals surface area contributed by atoms with Crippen molar-refractivity contribution in [3.63, 3.8) is 0 Å². The van der Waals surface area contributed by atoms with Crippen LogP contribution in [0.1, 0.15) is 41.6 Å². The van der Waals surface area contributed by atoms with Crippen LogP contribution in [0.5, 0.6) is 0 Å². The van der Waals surface area contributed by atoms with Gasteiger partial charge in [0, 0.05) is 31.1 Å². The molecule has 1 aromatic rings. The van der Waals surface area contributed by atoms with E-state index >= 15 is 0 Å². The van der Waals surface area contributed by atoms with Crippen molar-refractivity contribution in [2.24, 2.45) is 0 Å². The van der Waals surface area contributed by atoms with Crippen molar-refractivity contribution in [2.75, 3.05) is 13.1 Å². The van der Waals surface area contributed by atoms with Gasteiger partial charge in [-0.3, -0.25) is 14.4 Å². The fourth-order valence-electron chi connectivity index (χ4n) is 2.96. The number of rotatable bonds is 6. The zero-order valence-corrected chi connectivity index (χ0v) is 12.9. The lowest BCUT2D eigenvalue weighted by Gasteiger charge is -2.21. The number of likely N-dealkylation sites (tertiary alicyclic amines) is 1. The predicted octanol–water partition coefficient (Wildman–Crippen LogP) is 1.50.